The molecule has 2 atom stereocenters. The summed E-state index contributed by atoms with van der Waals surface area (Å²) in [5.41, 5.74) is 1.48. The number of benzene rings is 1. The molecule has 1 fully saturated rings. The van der Waals surface area contributed by atoms with E-state index >= 15 is 0 Å². The molecule has 0 spiro atoms. The third-order valence-corrected chi connectivity index (χ3v) is 5.81. The Kier molecular flexibility index (Phi) is 8.36. The summed E-state index contributed by atoms with van der Waals surface area (Å²) in [7, 11) is 0. The highest BCUT2D eigenvalue weighted by molar-refractivity contribution is 9.10. The van der Waals surface area contributed by atoms with Crippen molar-refractivity contribution in [3.63, 3.8) is 0 Å². The average Bonchev–Trinajstić information content (AvgIpc) is 3.13. The summed E-state index contributed by atoms with van der Waals surface area (Å²) in [5, 5.41) is 4.22. The van der Waals surface area contributed by atoms with Crippen molar-refractivity contribution < 1.29 is 23.8 Å². The van der Waals surface area contributed by atoms with Gasteiger partial charge >= 0.3 is 5.97 Å². The van der Waals surface area contributed by atoms with Crippen molar-refractivity contribution in [2.24, 2.45) is 11.1 Å². The number of unbranched alkanes of at least 4 members (excludes halogenated alkanes) is 1. The summed E-state index contributed by atoms with van der Waals surface area (Å²) < 4.78 is 18.4. The van der Waals surface area contributed by atoms with Gasteiger partial charge in [0.25, 0.3) is 0 Å². The van der Waals surface area contributed by atoms with Crippen LogP contribution in [0.25, 0.3) is 0 Å². The van der Waals surface area contributed by atoms with Crippen LogP contribution in [0.4, 0.5) is 0 Å². The summed E-state index contributed by atoms with van der Waals surface area (Å²) in [6, 6.07) is 5.69. The van der Waals surface area contributed by atoms with Crippen LogP contribution in [-0.2, 0) is 19.1 Å². The summed E-state index contributed by atoms with van der Waals surface area (Å²) in [6.07, 6.45) is 5.35. The van der Waals surface area contributed by atoms with Gasteiger partial charge in [0.2, 0.25) is 0 Å². The number of rotatable bonds is 11. The van der Waals surface area contributed by atoms with Gasteiger partial charge in [0.15, 0.2) is 6.10 Å². The van der Waals surface area contributed by atoms with Crippen LogP contribution in [0.1, 0.15) is 57.9 Å². The Morgan fingerprint density at radius 1 is 1.34 bits per heavy atom. The van der Waals surface area contributed by atoms with Crippen molar-refractivity contribution in [2.75, 3.05) is 19.8 Å². The molecule has 0 aromatic heterocycles. The number of hydrogen-bond acceptors (Lipinski definition) is 6. The van der Waals surface area contributed by atoms with E-state index in [1.165, 1.54) is 6.42 Å². The third-order valence-electron chi connectivity index (χ3n) is 5.32. The first-order valence-corrected chi connectivity index (χ1v) is 11.4. The van der Waals surface area contributed by atoms with Gasteiger partial charge in [0, 0.05) is 16.6 Å². The molecule has 0 bridgehead atoms. The highest BCUT2D eigenvalue weighted by Gasteiger charge is 2.32. The van der Waals surface area contributed by atoms with Crippen molar-refractivity contribution in [3.05, 3.63) is 28.2 Å². The maximum atomic E-state index is 12.5. The second-order valence-corrected chi connectivity index (χ2v) is 8.43. The van der Waals surface area contributed by atoms with E-state index in [4.69, 9.17) is 19.0 Å². The second kappa shape index (κ2) is 11.0. The Labute approximate surface area is 181 Å². The molecule has 1 aliphatic heterocycles. The molecule has 0 saturated heterocycles. The van der Waals surface area contributed by atoms with Crippen molar-refractivity contribution in [1.82, 2.24) is 0 Å². The fourth-order valence-electron chi connectivity index (χ4n) is 3.45. The van der Waals surface area contributed by atoms with Crippen LogP contribution < -0.4 is 4.74 Å². The SMILES string of the molecule is CCCCOC1CON=C1c1cc(Br)ccc1O[C@@H](CC1CCC1)C(=O)OCC. The van der Waals surface area contributed by atoms with Crippen LogP contribution in [0.15, 0.2) is 27.8 Å². The van der Waals surface area contributed by atoms with E-state index in [9.17, 15) is 4.79 Å². The molecule has 1 heterocycles. The minimum absolute atomic E-state index is 0.245. The lowest BCUT2D eigenvalue weighted by Crippen LogP contribution is -2.34. The molecule has 0 amide bonds. The normalized spacial score (nSPS) is 19.8. The molecule has 1 aromatic rings. The van der Waals surface area contributed by atoms with Gasteiger partial charge in [-0.15, -0.1) is 0 Å². The third kappa shape index (κ3) is 5.95. The number of oxime groups is 1. The first kappa shape index (κ1) is 22.1. The maximum absolute atomic E-state index is 12.5. The zero-order valence-corrected chi connectivity index (χ0v) is 18.8. The van der Waals surface area contributed by atoms with Crippen LogP contribution in [0.5, 0.6) is 5.75 Å². The lowest BCUT2D eigenvalue weighted by atomic mass is 9.81. The Hall–Kier alpha value is -1.60. The summed E-state index contributed by atoms with van der Waals surface area (Å²) in [5.74, 6) is 0.799. The van der Waals surface area contributed by atoms with Crippen molar-refractivity contribution in [2.45, 2.75) is 64.6 Å². The monoisotopic (exact) mass is 467 g/mol. The van der Waals surface area contributed by atoms with Crippen LogP contribution >= 0.6 is 15.9 Å². The average molecular weight is 468 g/mol. The largest absolute Gasteiger partial charge is 0.478 e. The van der Waals surface area contributed by atoms with Crippen molar-refractivity contribution >= 4 is 27.6 Å². The molecule has 0 radical (unpaired) electrons. The van der Waals surface area contributed by atoms with E-state index in [-0.39, 0.29) is 12.1 Å². The Morgan fingerprint density at radius 3 is 2.86 bits per heavy atom. The number of carbonyl (C=O) groups excluding carboxylic acids is 1. The molecular weight excluding hydrogens is 438 g/mol. The van der Waals surface area contributed by atoms with Crippen LogP contribution in [0.2, 0.25) is 0 Å². The summed E-state index contributed by atoms with van der Waals surface area (Å²) in [4.78, 5) is 17.9. The molecule has 3 rings (SSSR count). The first-order chi connectivity index (χ1) is 14.1. The van der Waals surface area contributed by atoms with E-state index in [2.05, 4.69) is 28.0 Å². The molecule has 1 aromatic carbocycles. The van der Waals surface area contributed by atoms with E-state index in [1.54, 1.807) is 0 Å². The number of carbonyl (C=O) groups is 1. The molecule has 6 nitrogen and oxygen atoms in total. The molecule has 0 N–H and O–H groups in total. The lowest BCUT2D eigenvalue weighted by molar-refractivity contribution is -0.152. The standard InChI is InChI=1S/C22H30BrNO5/c1-3-5-11-27-20-14-28-24-21(20)17-13-16(23)9-10-18(17)29-19(22(25)26-4-2)12-15-7-6-8-15/h9-10,13,15,19-20H,3-8,11-12,14H2,1-2H3/t19-,20?/m0/s1. The Morgan fingerprint density at radius 2 is 2.17 bits per heavy atom. The topological polar surface area (TPSA) is 66.3 Å². The van der Waals surface area contributed by atoms with Crippen LogP contribution in [-0.4, -0.2) is 43.7 Å². The molecule has 7 heteroatoms. The molecule has 160 valence electrons. The first-order valence-electron chi connectivity index (χ1n) is 10.6. The van der Waals surface area contributed by atoms with E-state index < -0.39 is 6.10 Å². The van der Waals surface area contributed by atoms with Gasteiger partial charge in [-0.3, -0.25) is 0 Å². The zero-order chi connectivity index (χ0) is 20.6. The predicted octanol–water partition coefficient (Wildman–Crippen LogP) is 4.87. The van der Waals surface area contributed by atoms with E-state index in [1.807, 2.05) is 25.1 Å². The van der Waals surface area contributed by atoms with Crippen molar-refractivity contribution in [1.29, 1.82) is 0 Å². The fourth-order valence-corrected chi connectivity index (χ4v) is 3.81. The minimum atomic E-state index is -0.623. The number of esters is 1. The molecule has 29 heavy (non-hydrogen) atoms. The smallest absolute Gasteiger partial charge is 0.347 e. The zero-order valence-electron chi connectivity index (χ0n) is 17.2. The Bertz CT molecular complexity index is 719. The van der Waals surface area contributed by atoms with Gasteiger partial charge in [0.05, 0.1) is 6.61 Å². The molecular formula is C22H30BrNO5. The van der Waals surface area contributed by atoms with Gasteiger partial charge in [-0.25, -0.2) is 4.79 Å². The Balaban J connectivity index is 1.80. The highest BCUT2D eigenvalue weighted by atomic mass is 79.9. The fraction of sp³-hybridized carbons (Fsp3) is 0.636. The van der Waals surface area contributed by atoms with Crippen molar-refractivity contribution in [3.8, 4) is 5.75 Å². The quantitative estimate of drug-likeness (QED) is 0.343. The van der Waals surface area contributed by atoms with Gasteiger partial charge in [0.1, 0.15) is 24.2 Å². The van der Waals surface area contributed by atoms with Gasteiger partial charge < -0.3 is 19.0 Å². The molecule has 1 saturated carbocycles. The van der Waals surface area contributed by atoms with Crippen LogP contribution in [0.3, 0.4) is 0 Å². The predicted molar refractivity (Wildman–Crippen MR) is 114 cm³/mol. The number of hydrogen-bond donors (Lipinski definition) is 0. The minimum Gasteiger partial charge on any atom is -0.478 e. The summed E-state index contributed by atoms with van der Waals surface area (Å²) >= 11 is 3.52. The molecule has 1 aliphatic carbocycles. The second-order valence-electron chi connectivity index (χ2n) is 7.52. The number of nitrogens with zero attached hydrogens (tertiary/aromatic N) is 1. The maximum Gasteiger partial charge on any atom is 0.347 e. The van der Waals surface area contributed by atoms with Gasteiger partial charge in [-0.1, -0.05) is 53.7 Å². The van der Waals surface area contributed by atoms with Crippen LogP contribution in [0, 0.1) is 5.92 Å². The molecule has 1 unspecified atom stereocenters. The molecule has 2 aliphatic rings. The lowest BCUT2D eigenvalue weighted by Gasteiger charge is -2.29. The van der Waals surface area contributed by atoms with E-state index in [0.29, 0.717) is 43.6 Å². The number of halogens is 1. The van der Waals surface area contributed by atoms with Gasteiger partial charge in [-0.05, 0) is 43.9 Å². The highest BCUT2D eigenvalue weighted by Crippen LogP contribution is 2.34. The number of ether oxygens (including phenoxy) is 3. The summed E-state index contributed by atoms with van der Waals surface area (Å²) in [6.45, 7) is 5.31. The van der Waals surface area contributed by atoms with Gasteiger partial charge in [-0.2, -0.15) is 0 Å². The van der Waals surface area contributed by atoms with E-state index in [0.717, 1.165) is 35.7 Å².